The van der Waals surface area contributed by atoms with Crippen molar-refractivity contribution in [2.75, 3.05) is 0 Å². The molecule has 3 nitrogen and oxygen atoms in total. The highest BCUT2D eigenvalue weighted by atomic mass is 19.1. The van der Waals surface area contributed by atoms with Gasteiger partial charge in [0.1, 0.15) is 5.82 Å². The van der Waals surface area contributed by atoms with Crippen molar-refractivity contribution in [1.82, 2.24) is 9.78 Å². The Bertz CT molecular complexity index is 462. The van der Waals surface area contributed by atoms with Crippen molar-refractivity contribution >= 4 is 0 Å². The van der Waals surface area contributed by atoms with Crippen molar-refractivity contribution in [1.29, 1.82) is 0 Å². The lowest BCUT2D eigenvalue weighted by molar-refractivity contribution is 0.276. The summed E-state index contributed by atoms with van der Waals surface area (Å²) in [5, 5.41) is 13.1. The van der Waals surface area contributed by atoms with E-state index < -0.39 is 0 Å². The van der Waals surface area contributed by atoms with Gasteiger partial charge in [-0.2, -0.15) is 5.10 Å². The van der Waals surface area contributed by atoms with Gasteiger partial charge >= 0.3 is 0 Å². The van der Waals surface area contributed by atoms with Crippen molar-refractivity contribution in [3.8, 4) is 5.69 Å². The largest absolute Gasteiger partial charge is 0.390 e. The van der Waals surface area contributed by atoms with Crippen LogP contribution < -0.4 is 0 Å². The molecule has 1 heterocycles. The van der Waals surface area contributed by atoms with E-state index >= 15 is 0 Å². The number of nitrogens with zero attached hydrogens (tertiary/aromatic N) is 2. The molecule has 1 aromatic carbocycles. The number of aryl methyl sites for hydroxylation is 1. The summed E-state index contributed by atoms with van der Waals surface area (Å²) in [6.07, 6.45) is 0. The van der Waals surface area contributed by atoms with Crippen LogP contribution in [-0.4, -0.2) is 14.9 Å². The van der Waals surface area contributed by atoms with Crippen LogP contribution in [0.5, 0.6) is 0 Å². The maximum absolute atomic E-state index is 12.7. The molecule has 0 spiro atoms. The highest BCUT2D eigenvalue weighted by molar-refractivity contribution is 5.33. The topological polar surface area (TPSA) is 38.1 Å². The maximum Gasteiger partial charge on any atom is 0.123 e. The summed E-state index contributed by atoms with van der Waals surface area (Å²) < 4.78 is 14.4. The normalized spacial score (nSPS) is 10.6. The molecule has 2 rings (SSSR count). The van der Waals surface area contributed by atoms with Crippen molar-refractivity contribution in [2.24, 2.45) is 0 Å². The van der Waals surface area contributed by atoms with Crippen LogP contribution in [0.3, 0.4) is 0 Å². The van der Waals surface area contributed by atoms with Gasteiger partial charge in [-0.05, 0) is 37.3 Å². The van der Waals surface area contributed by atoms with Crippen molar-refractivity contribution in [2.45, 2.75) is 13.5 Å². The molecule has 4 heteroatoms. The van der Waals surface area contributed by atoms with Gasteiger partial charge in [-0.3, -0.25) is 0 Å². The molecule has 0 saturated carbocycles. The second-order valence-electron chi connectivity index (χ2n) is 3.32. The van der Waals surface area contributed by atoms with Gasteiger partial charge in [0.2, 0.25) is 0 Å². The molecule has 2 aromatic rings. The second-order valence-corrected chi connectivity index (χ2v) is 3.32. The van der Waals surface area contributed by atoms with Crippen LogP contribution in [0.25, 0.3) is 5.69 Å². The van der Waals surface area contributed by atoms with Crippen molar-refractivity contribution < 1.29 is 9.50 Å². The van der Waals surface area contributed by atoms with Gasteiger partial charge in [0.25, 0.3) is 0 Å². The monoisotopic (exact) mass is 206 g/mol. The molecule has 1 N–H and O–H groups in total. The van der Waals surface area contributed by atoms with Gasteiger partial charge in [-0.15, -0.1) is 0 Å². The summed E-state index contributed by atoms with van der Waals surface area (Å²) in [5.74, 6) is -0.272. The molecular formula is C11H11FN2O. The highest BCUT2D eigenvalue weighted by Gasteiger charge is 2.04. The molecule has 0 bridgehead atoms. The summed E-state index contributed by atoms with van der Waals surface area (Å²) in [6, 6.07) is 7.86. The zero-order chi connectivity index (χ0) is 10.8. The van der Waals surface area contributed by atoms with E-state index in [1.54, 1.807) is 22.9 Å². The molecule has 0 aliphatic rings. The van der Waals surface area contributed by atoms with Crippen LogP contribution in [0, 0.1) is 12.7 Å². The van der Waals surface area contributed by atoms with E-state index in [2.05, 4.69) is 5.10 Å². The van der Waals surface area contributed by atoms with Crippen LogP contribution >= 0.6 is 0 Å². The van der Waals surface area contributed by atoms with E-state index in [9.17, 15) is 4.39 Å². The van der Waals surface area contributed by atoms with E-state index in [0.717, 1.165) is 11.4 Å². The molecule has 15 heavy (non-hydrogen) atoms. The lowest BCUT2D eigenvalue weighted by Gasteiger charge is -2.03. The van der Waals surface area contributed by atoms with Crippen molar-refractivity contribution in [3.63, 3.8) is 0 Å². The molecule has 0 atom stereocenters. The van der Waals surface area contributed by atoms with E-state index in [-0.39, 0.29) is 12.4 Å². The van der Waals surface area contributed by atoms with Gasteiger partial charge in [0.05, 0.1) is 18.0 Å². The lowest BCUT2D eigenvalue weighted by Crippen LogP contribution is -1.99. The maximum atomic E-state index is 12.7. The van der Waals surface area contributed by atoms with Gasteiger partial charge in [0, 0.05) is 5.69 Å². The number of rotatable bonds is 2. The Morgan fingerprint density at radius 1 is 1.33 bits per heavy atom. The minimum Gasteiger partial charge on any atom is -0.390 e. The molecule has 0 aliphatic carbocycles. The standard InChI is InChI=1S/C11H11FN2O/c1-8-6-10(7-15)13-14(8)11-4-2-9(12)3-5-11/h2-6,15H,7H2,1H3. The Hall–Kier alpha value is -1.68. The molecule has 1 aromatic heterocycles. The molecule has 0 amide bonds. The minimum absolute atomic E-state index is 0.0883. The van der Waals surface area contributed by atoms with Gasteiger partial charge in [0.15, 0.2) is 0 Å². The smallest absolute Gasteiger partial charge is 0.123 e. The SMILES string of the molecule is Cc1cc(CO)nn1-c1ccc(F)cc1. The predicted octanol–water partition coefficient (Wildman–Crippen LogP) is 1.81. The number of benzene rings is 1. The zero-order valence-electron chi connectivity index (χ0n) is 8.31. The first-order valence-electron chi connectivity index (χ1n) is 4.63. The van der Waals surface area contributed by atoms with Crippen molar-refractivity contribution in [3.05, 3.63) is 47.5 Å². The summed E-state index contributed by atoms with van der Waals surface area (Å²) in [7, 11) is 0. The Labute approximate surface area is 86.8 Å². The second kappa shape index (κ2) is 3.82. The highest BCUT2D eigenvalue weighted by Crippen LogP contribution is 2.12. The van der Waals surface area contributed by atoms with Gasteiger partial charge in [-0.25, -0.2) is 9.07 Å². The number of hydrogen-bond acceptors (Lipinski definition) is 2. The Balaban J connectivity index is 2.44. The third kappa shape index (κ3) is 1.89. The average molecular weight is 206 g/mol. The van der Waals surface area contributed by atoms with E-state index in [1.807, 2.05) is 6.92 Å². The zero-order valence-corrected chi connectivity index (χ0v) is 8.31. The number of hydrogen-bond donors (Lipinski definition) is 1. The predicted molar refractivity (Wildman–Crippen MR) is 54.2 cm³/mol. The fourth-order valence-corrected chi connectivity index (χ4v) is 1.46. The third-order valence-corrected chi connectivity index (χ3v) is 2.17. The number of aliphatic hydroxyl groups excluding tert-OH is 1. The summed E-state index contributed by atoms with van der Waals surface area (Å²) in [6.45, 7) is 1.80. The van der Waals surface area contributed by atoms with Gasteiger partial charge in [-0.1, -0.05) is 0 Å². The Morgan fingerprint density at radius 3 is 2.53 bits per heavy atom. The summed E-state index contributed by atoms with van der Waals surface area (Å²) in [4.78, 5) is 0. The molecular weight excluding hydrogens is 195 g/mol. The van der Waals surface area contributed by atoms with Crippen LogP contribution in [0.2, 0.25) is 0 Å². The summed E-state index contributed by atoms with van der Waals surface area (Å²) in [5.41, 5.74) is 2.30. The first-order valence-corrected chi connectivity index (χ1v) is 4.63. The quantitative estimate of drug-likeness (QED) is 0.813. The fourth-order valence-electron chi connectivity index (χ4n) is 1.46. The first kappa shape index (κ1) is 9.86. The van der Waals surface area contributed by atoms with E-state index in [1.165, 1.54) is 12.1 Å². The molecule has 0 fully saturated rings. The molecule has 0 unspecified atom stereocenters. The van der Waals surface area contributed by atoms with Crippen LogP contribution in [0.15, 0.2) is 30.3 Å². The number of halogens is 1. The van der Waals surface area contributed by atoms with Crippen LogP contribution in [0.1, 0.15) is 11.4 Å². The lowest BCUT2D eigenvalue weighted by atomic mass is 10.3. The Kier molecular flexibility index (Phi) is 2.51. The van der Waals surface area contributed by atoms with Crippen LogP contribution in [-0.2, 0) is 6.61 Å². The fraction of sp³-hybridized carbons (Fsp3) is 0.182. The Morgan fingerprint density at radius 2 is 2.00 bits per heavy atom. The summed E-state index contributed by atoms with van der Waals surface area (Å²) >= 11 is 0. The van der Waals surface area contributed by atoms with Crippen LogP contribution in [0.4, 0.5) is 4.39 Å². The number of aromatic nitrogens is 2. The average Bonchev–Trinajstić information content (AvgIpc) is 2.61. The third-order valence-electron chi connectivity index (χ3n) is 2.17. The minimum atomic E-state index is -0.272. The first-order chi connectivity index (χ1) is 7.20. The van der Waals surface area contributed by atoms with Gasteiger partial charge < -0.3 is 5.11 Å². The van der Waals surface area contributed by atoms with E-state index in [4.69, 9.17) is 5.11 Å². The number of aliphatic hydroxyl groups is 1. The molecule has 0 saturated heterocycles. The van der Waals surface area contributed by atoms with E-state index in [0.29, 0.717) is 5.69 Å². The molecule has 0 aliphatic heterocycles. The molecule has 0 radical (unpaired) electrons. The molecule has 78 valence electrons.